The molecule has 6 aliphatic rings. The summed E-state index contributed by atoms with van der Waals surface area (Å²) in [5.74, 6) is 0.256. The highest BCUT2D eigenvalue weighted by molar-refractivity contribution is 7.98. The van der Waals surface area contributed by atoms with E-state index in [1.165, 1.54) is 11.8 Å². The van der Waals surface area contributed by atoms with Crippen LogP contribution < -0.4 is 32.7 Å². The van der Waals surface area contributed by atoms with Gasteiger partial charge in [0.15, 0.2) is 5.78 Å². The van der Waals surface area contributed by atoms with Crippen molar-refractivity contribution in [3.05, 3.63) is 159 Å². The number of ketones is 1. The number of carboxylic acids is 2. The molecule has 0 radical (unpaired) electrons. The molecule has 6 heterocycles. The number of hydrogen-bond acceptors (Lipinski definition) is 19. The number of carbonyl (C=O) groups is 4. The first-order chi connectivity index (χ1) is 45.8. The Morgan fingerprint density at radius 2 is 0.905 bits per heavy atom. The summed E-state index contributed by atoms with van der Waals surface area (Å²) in [6.45, 7) is 12.6. The molecule has 0 spiro atoms. The fourth-order valence-corrected chi connectivity index (χ4v) is 12.7. The number of hydrogen-bond donors (Lipinski definition) is 8. The number of anilines is 6. The molecule has 1 amide bonds. The van der Waals surface area contributed by atoms with Gasteiger partial charge < -0.3 is 72.3 Å². The lowest BCUT2D eigenvalue weighted by Gasteiger charge is -2.34. The second kappa shape index (κ2) is 34.8. The lowest BCUT2D eigenvalue weighted by atomic mass is 9.91. The Balaban J connectivity index is 0.000000149. The summed E-state index contributed by atoms with van der Waals surface area (Å²) in [5.41, 5.74) is 23.1. The van der Waals surface area contributed by atoms with Gasteiger partial charge in [0.2, 0.25) is 5.91 Å². The van der Waals surface area contributed by atoms with Crippen LogP contribution in [-0.2, 0) is 19.2 Å². The van der Waals surface area contributed by atoms with Crippen molar-refractivity contribution in [2.45, 2.75) is 50.6 Å². The zero-order chi connectivity index (χ0) is 67.5. The van der Waals surface area contributed by atoms with Crippen molar-refractivity contribution in [1.29, 1.82) is 0 Å². The summed E-state index contributed by atoms with van der Waals surface area (Å²) in [5, 5.41) is 32.9. The van der Waals surface area contributed by atoms with Crippen molar-refractivity contribution in [1.82, 2.24) is 34.7 Å². The molecule has 6 aromatic rings. The van der Waals surface area contributed by atoms with Crippen LogP contribution in [-0.4, -0.2) is 211 Å². The molecular weight excluding hydrogens is 1290 g/mol. The van der Waals surface area contributed by atoms with Gasteiger partial charge in [0.05, 0.1) is 40.2 Å². The zero-order valence-electron chi connectivity index (χ0n) is 54.2. The largest absolute Gasteiger partial charge is 0.481 e. The molecule has 3 unspecified atom stereocenters. The van der Waals surface area contributed by atoms with Crippen molar-refractivity contribution in [2.75, 3.05) is 134 Å². The normalized spacial score (nSPS) is 16.7. The summed E-state index contributed by atoms with van der Waals surface area (Å²) in [6.07, 6.45) is 2.73. The van der Waals surface area contributed by atoms with Gasteiger partial charge in [-0.05, 0) is 150 Å². The van der Waals surface area contributed by atoms with Gasteiger partial charge in [-0.1, -0.05) is 71.2 Å². The lowest BCUT2D eigenvalue weighted by molar-refractivity contribution is -0.140. The molecule has 0 bridgehead atoms. The predicted octanol–water partition coefficient (Wildman–Crippen LogP) is 11.0. The molecule has 25 heteroatoms. The monoisotopic (exact) mass is 1370 g/mol. The van der Waals surface area contributed by atoms with Gasteiger partial charge in [-0.25, -0.2) is 15.0 Å². The zero-order valence-corrected chi connectivity index (χ0v) is 57.3. The Hall–Kier alpha value is -7.77. The minimum Gasteiger partial charge on any atom is -0.481 e. The lowest BCUT2D eigenvalue weighted by Crippen LogP contribution is -2.47. The summed E-state index contributed by atoms with van der Waals surface area (Å²) in [4.78, 5) is 75.2. The van der Waals surface area contributed by atoms with E-state index in [4.69, 9.17) is 71.5 Å². The van der Waals surface area contributed by atoms with E-state index in [-0.39, 0.29) is 37.4 Å². The van der Waals surface area contributed by atoms with Gasteiger partial charge >= 0.3 is 11.9 Å². The summed E-state index contributed by atoms with van der Waals surface area (Å²) in [7, 11) is 6.49. The van der Waals surface area contributed by atoms with Gasteiger partial charge in [-0.15, -0.1) is 0 Å². The number of para-hydroxylation sites is 3. The Bertz CT molecular complexity index is 3430. The topological polar surface area (TPSA) is 265 Å². The van der Waals surface area contributed by atoms with E-state index >= 15 is 0 Å². The molecule has 3 saturated heterocycles. The van der Waals surface area contributed by atoms with Crippen LogP contribution in [0.3, 0.4) is 0 Å². The average Bonchev–Trinajstić information content (AvgIpc) is 1.70. The van der Waals surface area contributed by atoms with Gasteiger partial charge in [0, 0.05) is 152 Å². The minimum absolute atomic E-state index is 0.0283. The summed E-state index contributed by atoms with van der Waals surface area (Å²) in [6, 6.07) is 40.6. The molecule has 3 fully saturated rings. The number of piperazine rings is 3. The number of nitrogens with two attached hydrogens (primary N) is 2. The fraction of sp³-hybridized carbons (Fsp3) is 0.386. The predicted molar refractivity (Wildman–Crippen MR) is 388 cm³/mol. The van der Waals surface area contributed by atoms with Crippen molar-refractivity contribution in [3.63, 3.8) is 0 Å². The van der Waals surface area contributed by atoms with Crippen molar-refractivity contribution in [3.8, 4) is 0 Å². The third-order valence-corrected chi connectivity index (χ3v) is 18.5. The number of nitrogens with zero attached hydrogens (tertiary/aromatic N) is 9. The standard InChI is InChI=1S/3C18H19ClN4.C16H29N3O6S/c3*1-22-8-10-23(11-9-22)18-14-4-2-3-5-15(14)20-16-7-6-13(19)12-17(16)21-18;1-26-9-12(19-14(21)5-4-11(18)16(24)25)13(20)7-10(3-2-6-17)8-15(22)23/h3*2-7,12,20H,8-11H2,1H3;10-12H,2-9,17-18H2,1H3,(H,19,21)(H,22,23)(H,24,25). The van der Waals surface area contributed by atoms with Crippen LogP contribution >= 0.6 is 46.6 Å². The number of amidine groups is 3. The number of thioether (sulfide) groups is 1. The number of halogens is 3. The first kappa shape index (κ1) is 71.5. The number of Topliss-reactive ketones (excluding diaryl/α,β-unsaturated/α-hetero) is 1. The third-order valence-electron chi connectivity index (χ3n) is 17.1. The highest BCUT2D eigenvalue weighted by atomic mass is 35.5. The fourth-order valence-electron chi connectivity index (χ4n) is 11.6. The molecule has 12 rings (SSSR count). The number of fused-ring (bicyclic) bond motifs is 6. The number of nitrogens with one attached hydrogen (secondary N) is 4. The molecule has 10 N–H and O–H groups in total. The number of amides is 1. The SMILES string of the molecule is CN1CCN(C2=Nc3cc(Cl)ccc3Nc3ccccc32)CC1.CN1CCN(C2=Nc3cc(Cl)ccc3Nc3ccccc32)CC1.CN1CCN(C2=Nc3cc(Cl)ccc3Nc3ccccc32)CC1.CSCC(NC(=O)CCC(N)C(=O)O)C(=O)CC(CCCN)CC(=O)O. The second-order valence-corrected chi connectivity index (χ2v) is 26.5. The summed E-state index contributed by atoms with van der Waals surface area (Å²) >= 11 is 19.9. The summed E-state index contributed by atoms with van der Waals surface area (Å²) < 4.78 is 0. The minimum atomic E-state index is -1.19. The van der Waals surface area contributed by atoms with Crippen LogP contribution in [0.15, 0.2) is 142 Å². The number of aliphatic imine (C=N–C) groups is 3. The van der Waals surface area contributed by atoms with Crippen molar-refractivity contribution in [2.24, 2.45) is 32.4 Å². The highest BCUT2D eigenvalue weighted by Gasteiger charge is 2.29. The molecule has 504 valence electrons. The Morgan fingerprint density at radius 1 is 0.537 bits per heavy atom. The first-order valence-corrected chi connectivity index (χ1v) is 34.6. The van der Waals surface area contributed by atoms with Gasteiger partial charge in [0.1, 0.15) is 23.5 Å². The molecule has 3 atom stereocenters. The van der Waals surface area contributed by atoms with Crippen LogP contribution in [0.2, 0.25) is 15.1 Å². The van der Waals surface area contributed by atoms with Crippen LogP contribution in [0.1, 0.15) is 55.2 Å². The van der Waals surface area contributed by atoms with E-state index in [9.17, 15) is 19.2 Å². The van der Waals surface area contributed by atoms with Gasteiger partial charge in [-0.2, -0.15) is 11.8 Å². The Morgan fingerprint density at radius 3 is 1.24 bits per heavy atom. The van der Waals surface area contributed by atoms with Crippen molar-refractivity contribution < 1.29 is 29.4 Å². The number of carbonyl (C=O) groups excluding carboxylic acids is 2. The van der Waals surface area contributed by atoms with Crippen molar-refractivity contribution >= 4 is 139 Å². The molecule has 21 nitrogen and oxygen atoms in total. The molecule has 6 aromatic carbocycles. The molecule has 0 saturated carbocycles. The van der Waals surface area contributed by atoms with Crippen LogP contribution in [0.4, 0.5) is 51.2 Å². The third kappa shape index (κ3) is 20.2. The Kier molecular flexibility index (Phi) is 26.2. The molecule has 6 aliphatic heterocycles. The van der Waals surface area contributed by atoms with E-state index in [0.717, 1.165) is 164 Å². The highest BCUT2D eigenvalue weighted by Crippen LogP contribution is 2.40. The van der Waals surface area contributed by atoms with E-state index in [1.807, 2.05) is 72.8 Å². The number of carboxylic acid groups (broad SMARTS) is 2. The van der Waals surface area contributed by atoms with Crippen LogP contribution in [0.5, 0.6) is 0 Å². The Labute approximate surface area is 575 Å². The molecule has 95 heavy (non-hydrogen) atoms. The maximum Gasteiger partial charge on any atom is 0.320 e. The van der Waals surface area contributed by atoms with Gasteiger partial charge in [0.25, 0.3) is 0 Å². The maximum atomic E-state index is 12.5. The molecule has 0 aliphatic carbocycles. The first-order valence-electron chi connectivity index (χ1n) is 32.1. The number of rotatable bonds is 15. The van der Waals surface area contributed by atoms with Gasteiger partial charge in [-0.3, -0.25) is 19.2 Å². The maximum absolute atomic E-state index is 12.5. The molecule has 0 aromatic heterocycles. The van der Waals surface area contributed by atoms with E-state index in [1.54, 1.807) is 6.26 Å². The molecular formula is C70H86Cl3N15O6S. The number of likely N-dealkylation sites (N-methyl/N-ethyl adjacent to an activating group) is 3. The van der Waals surface area contributed by atoms with Crippen LogP contribution in [0, 0.1) is 5.92 Å². The number of benzene rings is 6. The number of aliphatic carboxylic acids is 2. The van der Waals surface area contributed by atoms with Crippen LogP contribution in [0.25, 0.3) is 0 Å². The average molecular weight is 1370 g/mol. The second-order valence-electron chi connectivity index (χ2n) is 24.3. The van der Waals surface area contributed by atoms with E-state index in [2.05, 4.69) is 126 Å². The van der Waals surface area contributed by atoms with E-state index < -0.39 is 29.9 Å². The van der Waals surface area contributed by atoms with E-state index in [0.29, 0.717) is 40.2 Å². The quantitative estimate of drug-likeness (QED) is 0.0475. The smallest absolute Gasteiger partial charge is 0.320 e.